The summed E-state index contributed by atoms with van der Waals surface area (Å²) >= 11 is 1.07. The second-order valence-electron chi connectivity index (χ2n) is 8.43. The van der Waals surface area contributed by atoms with E-state index in [9.17, 15) is 14.7 Å². The molecule has 0 radical (unpaired) electrons. The van der Waals surface area contributed by atoms with Crippen molar-refractivity contribution in [3.05, 3.63) is 62.4 Å². The molecule has 33 heavy (non-hydrogen) atoms. The SMILES string of the molecule is CCC(C)C(N=[N+]=[N-])C(=O)N(Cc1ccccc1)C(CC(O)c1nc(C(=O)O)cs1)C(C)C. The van der Waals surface area contributed by atoms with E-state index in [1.807, 2.05) is 58.0 Å². The third-order valence-electron chi connectivity index (χ3n) is 5.75. The molecular weight excluding hydrogens is 442 g/mol. The fourth-order valence-corrected chi connectivity index (χ4v) is 4.41. The van der Waals surface area contributed by atoms with Crippen molar-refractivity contribution in [3.63, 3.8) is 0 Å². The van der Waals surface area contributed by atoms with Crippen LogP contribution in [0.1, 0.15) is 67.7 Å². The van der Waals surface area contributed by atoms with Gasteiger partial charge in [0.25, 0.3) is 0 Å². The van der Waals surface area contributed by atoms with Crippen molar-refractivity contribution in [2.45, 2.75) is 65.3 Å². The number of thiazole rings is 1. The molecule has 10 heteroatoms. The van der Waals surface area contributed by atoms with Crippen LogP contribution in [0.25, 0.3) is 10.4 Å². The molecule has 178 valence electrons. The summed E-state index contributed by atoms with van der Waals surface area (Å²) in [6.07, 6.45) is -0.199. The van der Waals surface area contributed by atoms with Gasteiger partial charge in [-0.15, -0.1) is 11.3 Å². The van der Waals surface area contributed by atoms with Crippen molar-refractivity contribution in [1.82, 2.24) is 9.88 Å². The first kappa shape index (κ1) is 26.3. The van der Waals surface area contributed by atoms with Gasteiger partial charge in [-0.2, -0.15) is 0 Å². The summed E-state index contributed by atoms with van der Waals surface area (Å²) in [5, 5.41) is 25.5. The predicted octanol–water partition coefficient (Wildman–Crippen LogP) is 5.04. The smallest absolute Gasteiger partial charge is 0.355 e. The Kier molecular flexibility index (Phi) is 9.84. The lowest BCUT2D eigenvalue weighted by Gasteiger charge is -2.38. The minimum Gasteiger partial charge on any atom is -0.476 e. The van der Waals surface area contributed by atoms with Crippen molar-refractivity contribution in [2.24, 2.45) is 17.0 Å². The zero-order chi connectivity index (χ0) is 24.5. The molecule has 2 rings (SSSR count). The number of hydrogen-bond donors (Lipinski definition) is 2. The molecule has 2 aromatic rings. The van der Waals surface area contributed by atoms with Crippen molar-refractivity contribution >= 4 is 23.2 Å². The number of carbonyl (C=O) groups is 2. The van der Waals surface area contributed by atoms with Crippen molar-refractivity contribution in [1.29, 1.82) is 0 Å². The molecule has 0 saturated carbocycles. The summed E-state index contributed by atoms with van der Waals surface area (Å²) in [4.78, 5) is 33.5. The molecule has 2 N–H and O–H groups in total. The highest BCUT2D eigenvalue weighted by Gasteiger charge is 2.35. The lowest BCUT2D eigenvalue weighted by molar-refractivity contribution is -0.138. The molecule has 0 bridgehead atoms. The molecule has 0 aliphatic carbocycles. The summed E-state index contributed by atoms with van der Waals surface area (Å²) in [7, 11) is 0. The molecule has 0 spiro atoms. The van der Waals surface area contributed by atoms with E-state index in [2.05, 4.69) is 15.0 Å². The molecule has 1 amide bonds. The number of benzene rings is 1. The maximum absolute atomic E-state index is 13.7. The number of nitrogens with zero attached hydrogens (tertiary/aromatic N) is 5. The zero-order valence-electron chi connectivity index (χ0n) is 19.3. The third-order valence-corrected chi connectivity index (χ3v) is 6.70. The molecule has 0 aliphatic rings. The van der Waals surface area contributed by atoms with Gasteiger partial charge in [0.15, 0.2) is 5.69 Å². The van der Waals surface area contributed by atoms with Gasteiger partial charge in [-0.3, -0.25) is 4.79 Å². The number of rotatable bonds is 12. The molecule has 9 nitrogen and oxygen atoms in total. The highest BCUT2D eigenvalue weighted by molar-refractivity contribution is 7.09. The van der Waals surface area contributed by atoms with Crippen molar-refractivity contribution in [3.8, 4) is 0 Å². The molecule has 1 heterocycles. The van der Waals surface area contributed by atoms with Gasteiger partial charge in [-0.05, 0) is 22.9 Å². The number of carboxylic acids is 1. The predicted molar refractivity (Wildman–Crippen MR) is 127 cm³/mol. The summed E-state index contributed by atoms with van der Waals surface area (Å²) < 4.78 is 0. The highest BCUT2D eigenvalue weighted by atomic mass is 32.1. The topological polar surface area (TPSA) is 139 Å². The largest absolute Gasteiger partial charge is 0.476 e. The van der Waals surface area contributed by atoms with Crippen LogP contribution < -0.4 is 0 Å². The maximum Gasteiger partial charge on any atom is 0.355 e. The first-order valence-corrected chi connectivity index (χ1v) is 11.8. The van der Waals surface area contributed by atoms with Crippen LogP contribution in [0.4, 0.5) is 0 Å². The van der Waals surface area contributed by atoms with Crippen LogP contribution in [0.3, 0.4) is 0 Å². The number of azide groups is 1. The molecular formula is C23H31N5O4S. The second kappa shape index (κ2) is 12.3. The van der Waals surface area contributed by atoms with Gasteiger partial charge in [0, 0.05) is 29.3 Å². The van der Waals surface area contributed by atoms with Gasteiger partial charge in [-0.1, -0.05) is 69.6 Å². The average molecular weight is 474 g/mol. The van der Waals surface area contributed by atoms with Gasteiger partial charge in [-0.25, -0.2) is 9.78 Å². The summed E-state index contributed by atoms with van der Waals surface area (Å²) in [5.41, 5.74) is 9.88. The Balaban J connectivity index is 2.41. The zero-order valence-corrected chi connectivity index (χ0v) is 20.1. The molecule has 0 fully saturated rings. The minimum absolute atomic E-state index is 0.0325. The molecule has 0 saturated heterocycles. The highest BCUT2D eigenvalue weighted by Crippen LogP contribution is 2.30. The summed E-state index contributed by atoms with van der Waals surface area (Å²) in [6, 6.07) is 8.24. The minimum atomic E-state index is -1.16. The van der Waals surface area contributed by atoms with Gasteiger partial charge in [0.2, 0.25) is 5.91 Å². The van der Waals surface area contributed by atoms with Gasteiger partial charge in [0.05, 0.1) is 0 Å². The van der Waals surface area contributed by atoms with Crippen LogP contribution in [0.5, 0.6) is 0 Å². The molecule has 4 unspecified atom stereocenters. The van der Waals surface area contributed by atoms with Gasteiger partial charge >= 0.3 is 5.97 Å². The Bertz CT molecular complexity index is 974. The van der Waals surface area contributed by atoms with Crippen LogP contribution in [-0.2, 0) is 11.3 Å². The number of aliphatic hydroxyl groups is 1. The Morgan fingerprint density at radius 1 is 1.24 bits per heavy atom. The van der Waals surface area contributed by atoms with Gasteiger partial charge < -0.3 is 15.1 Å². The first-order valence-electron chi connectivity index (χ1n) is 10.9. The van der Waals surface area contributed by atoms with Crippen molar-refractivity contribution < 1.29 is 19.8 Å². The van der Waals surface area contributed by atoms with Crippen molar-refractivity contribution in [2.75, 3.05) is 0 Å². The molecule has 1 aromatic heterocycles. The van der Waals surface area contributed by atoms with Crippen LogP contribution in [0.15, 0.2) is 40.8 Å². The van der Waals surface area contributed by atoms with E-state index in [4.69, 9.17) is 10.6 Å². The van der Waals surface area contributed by atoms with E-state index in [0.29, 0.717) is 18.0 Å². The van der Waals surface area contributed by atoms with Crippen LogP contribution in [0, 0.1) is 11.8 Å². The van der Waals surface area contributed by atoms with E-state index < -0.39 is 24.2 Å². The quantitative estimate of drug-likeness (QED) is 0.252. The van der Waals surface area contributed by atoms with Crippen LogP contribution in [-0.4, -0.2) is 44.1 Å². The normalized spacial score (nSPS) is 14.7. The number of hydrogen-bond acceptors (Lipinski definition) is 6. The lowest BCUT2D eigenvalue weighted by atomic mass is 9.92. The summed E-state index contributed by atoms with van der Waals surface area (Å²) in [5.74, 6) is -1.63. The monoisotopic (exact) mass is 473 g/mol. The standard InChI is InChI=1S/C23H31N5O4S/c1-5-15(4)20(26-27-24)22(30)28(12-16-9-7-6-8-10-16)18(14(2)3)11-19(29)21-25-17(13-33-21)23(31)32/h6-10,13-15,18-20,29H,5,11-12H2,1-4H3,(H,31,32). The number of aliphatic hydroxyl groups excluding tert-OH is 1. The van der Waals surface area contributed by atoms with E-state index in [-0.39, 0.29) is 29.9 Å². The third kappa shape index (κ3) is 7.02. The van der Waals surface area contributed by atoms with E-state index in [1.165, 1.54) is 5.38 Å². The fraction of sp³-hybridized carbons (Fsp3) is 0.522. The fourth-order valence-electron chi connectivity index (χ4n) is 3.62. The van der Waals surface area contributed by atoms with E-state index >= 15 is 0 Å². The lowest BCUT2D eigenvalue weighted by Crippen LogP contribution is -2.48. The Morgan fingerprint density at radius 3 is 2.42 bits per heavy atom. The van der Waals surface area contributed by atoms with E-state index in [1.54, 1.807) is 4.90 Å². The number of carbonyl (C=O) groups excluding carboxylic acids is 1. The summed E-state index contributed by atoms with van der Waals surface area (Å²) in [6.45, 7) is 8.02. The number of aromatic carboxylic acids is 1. The van der Waals surface area contributed by atoms with E-state index in [0.717, 1.165) is 16.9 Å². The second-order valence-corrected chi connectivity index (χ2v) is 9.32. The van der Waals surface area contributed by atoms with Gasteiger partial charge in [0.1, 0.15) is 17.2 Å². The maximum atomic E-state index is 13.7. The Hall–Kier alpha value is -2.94. The van der Waals surface area contributed by atoms with Crippen LogP contribution in [0.2, 0.25) is 0 Å². The number of amides is 1. The Labute approximate surface area is 197 Å². The molecule has 4 atom stereocenters. The number of aromatic nitrogens is 1. The number of carboxylic acid groups (broad SMARTS) is 1. The molecule has 0 aliphatic heterocycles. The van der Waals surface area contributed by atoms with Crippen LogP contribution >= 0.6 is 11.3 Å². The molecule has 1 aromatic carbocycles. The Morgan fingerprint density at radius 2 is 1.91 bits per heavy atom. The first-order chi connectivity index (χ1) is 15.7. The average Bonchev–Trinajstić information content (AvgIpc) is 3.30.